The van der Waals surface area contributed by atoms with Gasteiger partial charge in [-0.3, -0.25) is 0 Å². The maximum absolute atomic E-state index is 6.21. The predicted octanol–water partition coefficient (Wildman–Crippen LogP) is 16.9. The third-order valence-corrected chi connectivity index (χ3v) is 13.0. The van der Waals surface area contributed by atoms with E-state index in [2.05, 4.69) is 228 Å². The van der Waals surface area contributed by atoms with Crippen LogP contribution in [0.1, 0.15) is 0 Å². The first-order valence-corrected chi connectivity index (χ1v) is 21.6. The van der Waals surface area contributed by atoms with Crippen LogP contribution in [-0.4, -0.2) is 4.57 Å². The first kappa shape index (κ1) is 35.4. The van der Waals surface area contributed by atoms with E-state index in [9.17, 15) is 0 Å². The predicted molar refractivity (Wildman–Crippen MR) is 266 cm³/mol. The molecular weight excluding hydrogens is 765 g/mol. The third kappa shape index (κ3) is 5.67. The summed E-state index contributed by atoms with van der Waals surface area (Å²) in [7, 11) is 0. The molecule has 294 valence electrons. The molecule has 2 aromatic heterocycles. The summed E-state index contributed by atoms with van der Waals surface area (Å²) in [6.45, 7) is 0. The topological polar surface area (TPSA) is 21.3 Å². The molecule has 0 atom stereocenters. The van der Waals surface area contributed by atoms with Crippen molar-refractivity contribution in [1.82, 2.24) is 4.57 Å². The van der Waals surface area contributed by atoms with Gasteiger partial charge in [0.05, 0.1) is 11.0 Å². The van der Waals surface area contributed by atoms with Gasteiger partial charge in [-0.1, -0.05) is 158 Å². The van der Waals surface area contributed by atoms with Crippen LogP contribution < -0.4 is 4.90 Å². The smallest absolute Gasteiger partial charge is 0.136 e. The average molecular weight is 803 g/mol. The zero-order chi connectivity index (χ0) is 41.4. The number of anilines is 3. The van der Waals surface area contributed by atoms with E-state index in [1.807, 2.05) is 12.1 Å². The van der Waals surface area contributed by atoms with Gasteiger partial charge < -0.3 is 13.9 Å². The fraction of sp³-hybridized carbons (Fsp3) is 0. The number of rotatable bonds is 6. The van der Waals surface area contributed by atoms with Crippen LogP contribution in [0.4, 0.5) is 17.1 Å². The minimum absolute atomic E-state index is 0.909. The van der Waals surface area contributed by atoms with Gasteiger partial charge in [0.2, 0.25) is 0 Å². The summed E-state index contributed by atoms with van der Waals surface area (Å²) in [6, 6.07) is 83.6. The Kier molecular flexibility index (Phi) is 7.91. The Morgan fingerprint density at radius 2 is 0.714 bits per heavy atom. The zero-order valence-corrected chi connectivity index (χ0v) is 34.2. The van der Waals surface area contributed by atoms with Gasteiger partial charge in [0, 0.05) is 44.3 Å². The van der Waals surface area contributed by atoms with Gasteiger partial charge >= 0.3 is 0 Å². The summed E-state index contributed by atoms with van der Waals surface area (Å²) >= 11 is 0. The summed E-state index contributed by atoms with van der Waals surface area (Å²) in [5.74, 6) is 0. The maximum atomic E-state index is 6.21. The molecule has 13 aromatic rings. The average Bonchev–Trinajstić information content (AvgIpc) is 3.90. The van der Waals surface area contributed by atoms with E-state index in [1.54, 1.807) is 0 Å². The number of furan rings is 1. The molecule has 0 aliphatic rings. The molecular formula is C60H38N2O. The molecule has 63 heavy (non-hydrogen) atoms. The Morgan fingerprint density at radius 3 is 1.37 bits per heavy atom. The Labute approximate surface area is 363 Å². The number of aromatic nitrogens is 1. The monoisotopic (exact) mass is 802 g/mol. The Bertz CT molecular complexity index is 3820. The standard InChI is InChI=1S/C60H38N2O/c1-2-16-49-47(14-1)48-15-3-4-17-50(48)56-38-46(33-35-51(49)56)61(44-12-11-13-45(37-44)62-57-21-8-5-18-52(57)53-19-6-9-22-58(53)62)43-31-28-40(29-32-43)39-24-26-41(27-25-39)42-30-34-55-54-20-7-10-23-59(54)63-60(55)36-42/h1-38H. The van der Waals surface area contributed by atoms with E-state index in [-0.39, 0.29) is 0 Å². The minimum atomic E-state index is 0.909. The highest BCUT2D eigenvalue weighted by Crippen LogP contribution is 2.43. The van der Waals surface area contributed by atoms with Crippen molar-refractivity contribution in [3.8, 4) is 27.9 Å². The molecule has 3 heteroatoms. The number of benzene rings is 11. The Balaban J connectivity index is 0.931. The molecule has 0 radical (unpaired) electrons. The molecule has 0 spiro atoms. The summed E-state index contributed by atoms with van der Waals surface area (Å²) in [6.07, 6.45) is 0. The normalized spacial score (nSPS) is 11.8. The van der Waals surface area contributed by atoms with Crippen molar-refractivity contribution < 1.29 is 4.42 Å². The molecule has 0 amide bonds. The van der Waals surface area contributed by atoms with Crippen LogP contribution >= 0.6 is 0 Å². The molecule has 0 saturated carbocycles. The third-order valence-electron chi connectivity index (χ3n) is 13.0. The number of fused-ring (bicyclic) bond motifs is 12. The van der Waals surface area contributed by atoms with Crippen molar-refractivity contribution in [3.05, 3.63) is 231 Å². The van der Waals surface area contributed by atoms with E-state index in [0.717, 1.165) is 61.4 Å². The van der Waals surface area contributed by atoms with Gasteiger partial charge in [-0.25, -0.2) is 0 Å². The van der Waals surface area contributed by atoms with E-state index < -0.39 is 0 Å². The lowest BCUT2D eigenvalue weighted by atomic mass is 9.94. The summed E-state index contributed by atoms with van der Waals surface area (Å²) in [4.78, 5) is 2.40. The highest BCUT2D eigenvalue weighted by molar-refractivity contribution is 6.26. The van der Waals surface area contributed by atoms with Crippen LogP contribution in [-0.2, 0) is 0 Å². The van der Waals surface area contributed by atoms with Gasteiger partial charge in [0.15, 0.2) is 0 Å². The largest absolute Gasteiger partial charge is 0.456 e. The van der Waals surface area contributed by atoms with Gasteiger partial charge in [0.25, 0.3) is 0 Å². The highest BCUT2D eigenvalue weighted by atomic mass is 16.3. The van der Waals surface area contributed by atoms with E-state index >= 15 is 0 Å². The van der Waals surface area contributed by atoms with Crippen molar-refractivity contribution in [2.75, 3.05) is 4.90 Å². The van der Waals surface area contributed by atoms with Crippen LogP contribution in [0.25, 0.3) is 104 Å². The molecule has 0 fully saturated rings. The van der Waals surface area contributed by atoms with Gasteiger partial charge in [-0.2, -0.15) is 0 Å². The molecule has 0 N–H and O–H groups in total. The summed E-state index contributed by atoms with van der Waals surface area (Å²) in [5, 5.41) is 12.3. The second kappa shape index (κ2) is 14.1. The molecule has 0 bridgehead atoms. The Morgan fingerprint density at radius 1 is 0.270 bits per heavy atom. The van der Waals surface area contributed by atoms with E-state index in [1.165, 1.54) is 59.7 Å². The van der Waals surface area contributed by atoms with Crippen LogP contribution in [0.5, 0.6) is 0 Å². The van der Waals surface area contributed by atoms with Gasteiger partial charge in [0.1, 0.15) is 11.2 Å². The summed E-state index contributed by atoms with van der Waals surface area (Å²) < 4.78 is 8.61. The lowest BCUT2D eigenvalue weighted by Gasteiger charge is -2.27. The van der Waals surface area contributed by atoms with Crippen LogP contribution in [0, 0.1) is 0 Å². The number of para-hydroxylation sites is 3. The fourth-order valence-corrected chi connectivity index (χ4v) is 10.0. The molecule has 3 nitrogen and oxygen atoms in total. The molecule has 0 aliphatic heterocycles. The van der Waals surface area contributed by atoms with E-state index in [0.29, 0.717) is 0 Å². The minimum Gasteiger partial charge on any atom is -0.456 e. The Hall–Kier alpha value is -8.40. The van der Waals surface area contributed by atoms with Crippen LogP contribution in [0.2, 0.25) is 0 Å². The van der Waals surface area contributed by atoms with Crippen molar-refractivity contribution in [2.24, 2.45) is 0 Å². The second-order valence-corrected chi connectivity index (χ2v) is 16.5. The van der Waals surface area contributed by atoms with Gasteiger partial charge in [-0.05, 0) is 127 Å². The lowest BCUT2D eigenvalue weighted by Crippen LogP contribution is -2.10. The first-order valence-electron chi connectivity index (χ1n) is 21.6. The quantitative estimate of drug-likeness (QED) is 0.156. The number of nitrogens with zero attached hydrogens (tertiary/aromatic N) is 2. The highest BCUT2D eigenvalue weighted by Gasteiger charge is 2.19. The number of hydrogen-bond acceptors (Lipinski definition) is 2. The molecule has 0 aliphatic carbocycles. The van der Waals surface area contributed by atoms with Crippen LogP contribution in [0.3, 0.4) is 0 Å². The van der Waals surface area contributed by atoms with Crippen molar-refractivity contribution >= 4 is 93.1 Å². The van der Waals surface area contributed by atoms with Crippen molar-refractivity contribution in [1.29, 1.82) is 0 Å². The molecule has 2 heterocycles. The van der Waals surface area contributed by atoms with Crippen molar-refractivity contribution in [2.45, 2.75) is 0 Å². The molecule has 0 saturated heterocycles. The maximum Gasteiger partial charge on any atom is 0.136 e. The zero-order valence-electron chi connectivity index (χ0n) is 34.2. The lowest BCUT2D eigenvalue weighted by molar-refractivity contribution is 0.669. The number of hydrogen-bond donors (Lipinski definition) is 0. The SMILES string of the molecule is c1cc(N(c2ccc(-c3ccc(-c4ccc5c(c4)oc4ccccc45)cc3)cc2)c2ccc3c4ccccc4c4ccccc4c3c2)cc(-n2c3ccccc3c3ccccc32)c1. The fourth-order valence-electron chi connectivity index (χ4n) is 10.0. The molecule has 13 rings (SSSR count). The van der Waals surface area contributed by atoms with Gasteiger partial charge in [-0.15, -0.1) is 0 Å². The molecule has 0 unspecified atom stereocenters. The first-order chi connectivity index (χ1) is 31.2. The summed E-state index contributed by atoms with van der Waals surface area (Å²) in [5.41, 5.74) is 13.2. The van der Waals surface area contributed by atoms with Crippen LogP contribution in [0.15, 0.2) is 235 Å². The van der Waals surface area contributed by atoms with E-state index in [4.69, 9.17) is 4.42 Å². The molecule has 11 aromatic carbocycles. The second-order valence-electron chi connectivity index (χ2n) is 16.5. The van der Waals surface area contributed by atoms with Crippen molar-refractivity contribution in [3.63, 3.8) is 0 Å².